The average molecular weight is 375 g/mol. The Balaban J connectivity index is 1.84. The highest BCUT2D eigenvalue weighted by Crippen LogP contribution is 2.33. The highest BCUT2D eigenvalue weighted by atomic mass is 35.5. The van der Waals surface area contributed by atoms with Gasteiger partial charge in [-0.25, -0.2) is 9.69 Å². The minimum Gasteiger partial charge on any atom is -0.266 e. The Morgan fingerprint density at radius 2 is 1.19 bits per heavy atom. The van der Waals surface area contributed by atoms with Crippen LogP contribution >= 0.6 is 11.6 Å². The third-order valence-corrected chi connectivity index (χ3v) is 4.50. The second-order valence-corrected chi connectivity index (χ2v) is 6.45. The van der Waals surface area contributed by atoms with Crippen LogP contribution in [0.5, 0.6) is 0 Å². The van der Waals surface area contributed by atoms with E-state index in [0.717, 1.165) is 5.56 Å². The Morgan fingerprint density at radius 3 is 1.74 bits per heavy atom. The molecule has 0 N–H and O–H groups in total. The highest BCUT2D eigenvalue weighted by molar-refractivity contribution is 6.35. The zero-order valence-electron chi connectivity index (χ0n) is 14.2. The van der Waals surface area contributed by atoms with Gasteiger partial charge in [-0.05, 0) is 48.0 Å². The number of anilines is 2. The van der Waals surface area contributed by atoms with Crippen LogP contribution in [0, 0.1) is 0 Å². The minimum absolute atomic E-state index is 0.289. The van der Waals surface area contributed by atoms with Crippen molar-refractivity contribution in [2.75, 3.05) is 9.80 Å². The molecule has 27 heavy (non-hydrogen) atoms. The molecule has 132 valence electrons. The van der Waals surface area contributed by atoms with Gasteiger partial charge in [0.05, 0.1) is 11.4 Å². The summed E-state index contributed by atoms with van der Waals surface area (Å²) >= 11 is 5.95. The maximum absolute atomic E-state index is 13.1. The number of carbonyl (C=O) groups is 2. The molecule has 4 nitrogen and oxygen atoms in total. The molecule has 0 saturated carbocycles. The smallest absolute Gasteiger partial charge is 0.266 e. The van der Waals surface area contributed by atoms with Crippen molar-refractivity contribution in [3.8, 4) is 0 Å². The summed E-state index contributed by atoms with van der Waals surface area (Å²) in [5, 5.41) is 0.608. The van der Waals surface area contributed by atoms with E-state index in [4.69, 9.17) is 11.6 Å². The fourth-order valence-electron chi connectivity index (χ4n) is 2.97. The molecule has 3 amide bonds. The van der Waals surface area contributed by atoms with Crippen LogP contribution in [-0.2, 0) is 4.79 Å². The summed E-state index contributed by atoms with van der Waals surface area (Å²) in [5.41, 5.74) is 2.24. The van der Waals surface area contributed by atoms with E-state index >= 15 is 0 Å². The number of hydrogen-bond acceptors (Lipinski definition) is 2. The molecule has 4 rings (SSSR count). The van der Waals surface area contributed by atoms with E-state index in [9.17, 15) is 9.59 Å². The summed E-state index contributed by atoms with van der Waals surface area (Å²) in [6.45, 7) is 0. The molecule has 1 aliphatic heterocycles. The Bertz CT molecular complexity index is 1020. The van der Waals surface area contributed by atoms with Crippen molar-refractivity contribution in [1.29, 1.82) is 0 Å². The predicted molar refractivity (Wildman–Crippen MR) is 108 cm³/mol. The van der Waals surface area contributed by atoms with Crippen molar-refractivity contribution in [2.45, 2.75) is 0 Å². The number of carbonyl (C=O) groups excluding carboxylic acids is 2. The summed E-state index contributed by atoms with van der Waals surface area (Å²) in [6.07, 6.45) is 1.70. The van der Waals surface area contributed by atoms with Crippen LogP contribution in [0.1, 0.15) is 5.56 Å². The number of urea groups is 1. The molecule has 3 aromatic carbocycles. The van der Waals surface area contributed by atoms with Crippen molar-refractivity contribution in [3.63, 3.8) is 0 Å². The van der Waals surface area contributed by atoms with Gasteiger partial charge in [0.1, 0.15) is 5.70 Å². The first kappa shape index (κ1) is 17.1. The molecule has 5 heteroatoms. The van der Waals surface area contributed by atoms with Gasteiger partial charge in [0.25, 0.3) is 5.91 Å². The van der Waals surface area contributed by atoms with Crippen LogP contribution in [-0.4, -0.2) is 11.9 Å². The zero-order chi connectivity index (χ0) is 18.8. The lowest BCUT2D eigenvalue weighted by Gasteiger charge is -2.17. The molecule has 0 radical (unpaired) electrons. The second-order valence-electron chi connectivity index (χ2n) is 6.01. The van der Waals surface area contributed by atoms with E-state index in [1.165, 1.54) is 9.80 Å². The number of benzene rings is 3. The summed E-state index contributed by atoms with van der Waals surface area (Å²) in [7, 11) is 0. The summed E-state index contributed by atoms with van der Waals surface area (Å²) in [4.78, 5) is 28.9. The number of hydrogen-bond donors (Lipinski definition) is 0. The van der Waals surface area contributed by atoms with Crippen LogP contribution in [0.2, 0.25) is 5.02 Å². The molecular formula is C22H15ClN2O2. The lowest BCUT2D eigenvalue weighted by atomic mass is 10.1. The van der Waals surface area contributed by atoms with Crippen LogP contribution in [0.25, 0.3) is 6.08 Å². The lowest BCUT2D eigenvalue weighted by molar-refractivity contribution is -0.113. The first-order valence-corrected chi connectivity index (χ1v) is 8.79. The molecule has 3 aromatic rings. The number of para-hydroxylation sites is 2. The van der Waals surface area contributed by atoms with Crippen molar-refractivity contribution >= 4 is 41.0 Å². The van der Waals surface area contributed by atoms with Crippen LogP contribution in [0.3, 0.4) is 0 Å². The maximum atomic E-state index is 13.1. The summed E-state index contributed by atoms with van der Waals surface area (Å²) in [5.74, 6) is -0.370. The number of amides is 3. The molecular weight excluding hydrogens is 360 g/mol. The Labute approximate surface area is 161 Å². The molecule has 1 fully saturated rings. The number of nitrogens with zero attached hydrogens (tertiary/aromatic N) is 2. The van der Waals surface area contributed by atoms with Gasteiger partial charge in [-0.3, -0.25) is 9.69 Å². The van der Waals surface area contributed by atoms with Gasteiger partial charge in [-0.15, -0.1) is 0 Å². The molecule has 0 spiro atoms. The van der Waals surface area contributed by atoms with Gasteiger partial charge >= 0.3 is 6.03 Å². The normalized spacial score (nSPS) is 15.7. The Kier molecular flexibility index (Phi) is 4.48. The first-order chi connectivity index (χ1) is 13.1. The average Bonchev–Trinajstić information content (AvgIpc) is 2.95. The van der Waals surface area contributed by atoms with Gasteiger partial charge < -0.3 is 0 Å². The molecule has 0 unspecified atom stereocenters. The maximum Gasteiger partial charge on any atom is 0.340 e. The van der Waals surface area contributed by atoms with Gasteiger partial charge in [0, 0.05) is 5.02 Å². The molecule has 0 bridgehead atoms. The largest absolute Gasteiger partial charge is 0.340 e. The third kappa shape index (κ3) is 3.23. The molecule has 1 aliphatic rings. The molecule has 1 heterocycles. The van der Waals surface area contributed by atoms with Gasteiger partial charge in [0.15, 0.2) is 0 Å². The molecule has 0 aliphatic carbocycles. The number of imide groups is 1. The van der Waals surface area contributed by atoms with Gasteiger partial charge in [-0.2, -0.15) is 0 Å². The lowest BCUT2D eigenvalue weighted by Crippen LogP contribution is -2.32. The predicted octanol–water partition coefficient (Wildman–Crippen LogP) is 5.35. The molecule has 1 saturated heterocycles. The minimum atomic E-state index is -0.405. The number of halogens is 1. The Hall–Kier alpha value is -3.37. The Morgan fingerprint density at radius 1 is 0.667 bits per heavy atom. The summed E-state index contributed by atoms with van der Waals surface area (Å²) in [6, 6.07) is 24.7. The van der Waals surface area contributed by atoms with Crippen molar-refractivity contribution in [2.24, 2.45) is 0 Å². The highest BCUT2D eigenvalue weighted by Gasteiger charge is 2.42. The van der Waals surface area contributed by atoms with Crippen LogP contribution in [0.15, 0.2) is 90.6 Å². The quantitative estimate of drug-likeness (QED) is 0.457. The summed E-state index contributed by atoms with van der Waals surface area (Å²) < 4.78 is 0. The molecule has 0 aromatic heterocycles. The van der Waals surface area contributed by atoms with Crippen molar-refractivity contribution in [3.05, 3.63) is 101 Å². The molecule has 0 atom stereocenters. The fourth-order valence-corrected chi connectivity index (χ4v) is 3.10. The van der Waals surface area contributed by atoms with Crippen molar-refractivity contribution < 1.29 is 9.59 Å². The number of rotatable bonds is 3. The van der Waals surface area contributed by atoms with Crippen LogP contribution < -0.4 is 9.80 Å². The third-order valence-electron chi connectivity index (χ3n) is 4.25. The van der Waals surface area contributed by atoms with Gasteiger partial charge in [-0.1, -0.05) is 60.1 Å². The zero-order valence-corrected chi connectivity index (χ0v) is 15.0. The van der Waals surface area contributed by atoms with E-state index in [0.29, 0.717) is 16.4 Å². The monoisotopic (exact) mass is 374 g/mol. The SMILES string of the molecule is O=C1/C(=C/c2ccc(Cl)cc2)N(c2ccccc2)C(=O)N1c1ccccc1. The van der Waals surface area contributed by atoms with E-state index < -0.39 is 6.03 Å². The van der Waals surface area contributed by atoms with Crippen LogP contribution in [0.4, 0.5) is 16.2 Å². The second kappa shape index (κ2) is 7.09. The standard InChI is InChI=1S/C22H15ClN2O2/c23-17-13-11-16(12-14-17)15-20-21(26)25(19-9-5-2-6-10-19)22(27)24(20)18-7-3-1-4-8-18/h1-15H/b20-15-. The van der Waals surface area contributed by atoms with Gasteiger partial charge in [0.2, 0.25) is 0 Å². The van der Waals surface area contributed by atoms with E-state index in [1.807, 2.05) is 24.3 Å². The van der Waals surface area contributed by atoms with E-state index in [2.05, 4.69) is 0 Å². The first-order valence-electron chi connectivity index (χ1n) is 8.41. The van der Waals surface area contributed by atoms with Crippen molar-refractivity contribution in [1.82, 2.24) is 0 Å². The van der Waals surface area contributed by atoms with E-state index in [-0.39, 0.29) is 11.6 Å². The topological polar surface area (TPSA) is 40.6 Å². The fraction of sp³-hybridized carbons (Fsp3) is 0. The van der Waals surface area contributed by atoms with E-state index in [1.54, 1.807) is 66.7 Å².